The van der Waals surface area contributed by atoms with Crippen LogP contribution >= 0.6 is 0 Å². The highest BCUT2D eigenvalue weighted by molar-refractivity contribution is 7.89. The third kappa shape index (κ3) is 3.34. The Hall–Kier alpha value is -1.37. The van der Waals surface area contributed by atoms with Crippen molar-refractivity contribution in [2.45, 2.75) is 24.2 Å². The van der Waals surface area contributed by atoms with Crippen LogP contribution in [0.2, 0.25) is 0 Å². The molecule has 122 valence electrons. The molecule has 1 aromatic carbocycles. The highest BCUT2D eigenvalue weighted by atomic mass is 32.2. The number of aliphatic hydroxyl groups excluding tert-OH is 1. The van der Waals surface area contributed by atoms with Crippen LogP contribution in [-0.4, -0.2) is 44.6 Å². The number of sulfonamides is 1. The van der Waals surface area contributed by atoms with Gasteiger partial charge in [-0.05, 0) is 31.4 Å². The van der Waals surface area contributed by atoms with E-state index in [1.807, 2.05) is 0 Å². The molecule has 0 saturated carbocycles. The minimum absolute atomic E-state index is 0.0385. The first-order valence-electron chi connectivity index (χ1n) is 7.33. The fourth-order valence-corrected chi connectivity index (χ4v) is 4.57. The zero-order valence-corrected chi connectivity index (χ0v) is 13.7. The molecule has 0 radical (unpaired) electrons. The molecule has 1 fully saturated rings. The van der Waals surface area contributed by atoms with Gasteiger partial charge in [-0.2, -0.15) is 4.31 Å². The molecule has 1 aliphatic heterocycles. The van der Waals surface area contributed by atoms with E-state index in [1.54, 1.807) is 24.3 Å². The summed E-state index contributed by atoms with van der Waals surface area (Å²) >= 11 is 0. The molecule has 1 saturated heterocycles. The SMILES string of the molecule is C=CC[C@@]1(CO)CCCN(S(=O)(=O)c2cccc(OC)c2)C1. The van der Waals surface area contributed by atoms with Gasteiger partial charge in [-0.15, -0.1) is 6.58 Å². The van der Waals surface area contributed by atoms with E-state index >= 15 is 0 Å². The molecule has 0 bridgehead atoms. The number of aliphatic hydroxyl groups is 1. The van der Waals surface area contributed by atoms with Gasteiger partial charge in [-0.25, -0.2) is 8.42 Å². The van der Waals surface area contributed by atoms with E-state index in [0.717, 1.165) is 12.8 Å². The Morgan fingerprint density at radius 1 is 1.50 bits per heavy atom. The molecular formula is C16H23NO4S. The first-order chi connectivity index (χ1) is 10.5. The molecule has 0 unspecified atom stereocenters. The number of benzene rings is 1. The van der Waals surface area contributed by atoms with E-state index in [-0.39, 0.29) is 11.5 Å². The quantitative estimate of drug-likeness (QED) is 0.813. The van der Waals surface area contributed by atoms with Gasteiger partial charge in [0.05, 0.1) is 18.6 Å². The van der Waals surface area contributed by atoms with Crippen molar-refractivity contribution in [1.29, 1.82) is 0 Å². The topological polar surface area (TPSA) is 66.8 Å². The van der Waals surface area contributed by atoms with Crippen molar-refractivity contribution < 1.29 is 18.3 Å². The molecule has 0 amide bonds. The van der Waals surface area contributed by atoms with Gasteiger partial charge in [0.2, 0.25) is 10.0 Å². The summed E-state index contributed by atoms with van der Waals surface area (Å²) in [6.07, 6.45) is 3.89. The lowest BCUT2D eigenvalue weighted by molar-refractivity contribution is 0.0669. The number of methoxy groups -OCH3 is 1. The van der Waals surface area contributed by atoms with Crippen LogP contribution in [0, 0.1) is 5.41 Å². The van der Waals surface area contributed by atoms with Gasteiger partial charge in [0.15, 0.2) is 0 Å². The van der Waals surface area contributed by atoms with Crippen molar-refractivity contribution >= 4 is 10.0 Å². The molecule has 0 aromatic heterocycles. The molecular weight excluding hydrogens is 302 g/mol. The first-order valence-corrected chi connectivity index (χ1v) is 8.77. The molecule has 2 rings (SSSR count). The average Bonchev–Trinajstić information content (AvgIpc) is 2.55. The lowest BCUT2D eigenvalue weighted by atomic mass is 9.79. The van der Waals surface area contributed by atoms with Gasteiger partial charge in [-0.1, -0.05) is 12.1 Å². The number of allylic oxidation sites excluding steroid dienone is 1. The van der Waals surface area contributed by atoms with Crippen LogP contribution in [0.4, 0.5) is 0 Å². The molecule has 6 heteroatoms. The van der Waals surface area contributed by atoms with E-state index in [0.29, 0.717) is 25.3 Å². The molecule has 1 N–H and O–H groups in total. The Bertz CT molecular complexity index is 629. The van der Waals surface area contributed by atoms with E-state index in [1.165, 1.54) is 17.5 Å². The minimum Gasteiger partial charge on any atom is -0.497 e. The minimum atomic E-state index is -3.59. The van der Waals surface area contributed by atoms with Crippen molar-refractivity contribution in [1.82, 2.24) is 4.31 Å². The summed E-state index contributed by atoms with van der Waals surface area (Å²) in [5, 5.41) is 9.72. The fraction of sp³-hybridized carbons (Fsp3) is 0.500. The van der Waals surface area contributed by atoms with Gasteiger partial charge < -0.3 is 9.84 Å². The highest BCUT2D eigenvalue weighted by Crippen LogP contribution is 2.36. The van der Waals surface area contributed by atoms with Crippen molar-refractivity contribution in [3.8, 4) is 5.75 Å². The highest BCUT2D eigenvalue weighted by Gasteiger charge is 2.39. The van der Waals surface area contributed by atoms with Gasteiger partial charge >= 0.3 is 0 Å². The lowest BCUT2D eigenvalue weighted by Crippen LogP contribution is -2.47. The second kappa shape index (κ2) is 6.81. The molecule has 1 aromatic rings. The second-order valence-electron chi connectivity index (χ2n) is 5.77. The van der Waals surface area contributed by atoms with Gasteiger partial charge in [0.25, 0.3) is 0 Å². The maximum absolute atomic E-state index is 12.8. The summed E-state index contributed by atoms with van der Waals surface area (Å²) in [7, 11) is -2.08. The molecule has 0 spiro atoms. The summed E-state index contributed by atoms with van der Waals surface area (Å²) in [5.41, 5.74) is -0.425. The normalized spacial score (nSPS) is 23.2. The van der Waals surface area contributed by atoms with E-state index < -0.39 is 15.4 Å². The van der Waals surface area contributed by atoms with Crippen molar-refractivity contribution in [2.75, 3.05) is 26.8 Å². The van der Waals surface area contributed by atoms with Crippen LogP contribution in [0.25, 0.3) is 0 Å². The number of hydrogen-bond donors (Lipinski definition) is 1. The van der Waals surface area contributed by atoms with Crippen LogP contribution in [0.15, 0.2) is 41.8 Å². The Morgan fingerprint density at radius 2 is 2.27 bits per heavy atom. The predicted molar refractivity (Wildman–Crippen MR) is 85.3 cm³/mol. The summed E-state index contributed by atoms with van der Waals surface area (Å²) in [6.45, 7) is 4.47. The molecule has 1 atom stereocenters. The Morgan fingerprint density at radius 3 is 2.91 bits per heavy atom. The van der Waals surface area contributed by atoms with E-state index in [2.05, 4.69) is 6.58 Å². The van der Waals surface area contributed by atoms with Crippen LogP contribution in [-0.2, 0) is 10.0 Å². The maximum atomic E-state index is 12.8. The van der Waals surface area contributed by atoms with Gasteiger partial charge in [-0.3, -0.25) is 0 Å². The van der Waals surface area contributed by atoms with Crippen molar-refractivity contribution in [3.05, 3.63) is 36.9 Å². The summed E-state index contributed by atoms with van der Waals surface area (Å²) < 4.78 is 32.2. The largest absolute Gasteiger partial charge is 0.497 e. The Kier molecular flexibility index (Phi) is 5.26. The zero-order valence-electron chi connectivity index (χ0n) is 12.9. The lowest BCUT2D eigenvalue weighted by Gasteiger charge is -2.40. The molecule has 0 aliphatic carbocycles. The first kappa shape index (κ1) is 17.0. The summed E-state index contributed by atoms with van der Waals surface area (Å²) in [6, 6.07) is 6.47. The molecule has 1 heterocycles. The van der Waals surface area contributed by atoms with Crippen LogP contribution < -0.4 is 4.74 Å². The maximum Gasteiger partial charge on any atom is 0.243 e. The number of hydrogen-bond acceptors (Lipinski definition) is 4. The number of nitrogens with zero attached hydrogens (tertiary/aromatic N) is 1. The summed E-state index contributed by atoms with van der Waals surface area (Å²) in [5.74, 6) is 0.512. The monoisotopic (exact) mass is 325 g/mol. The van der Waals surface area contributed by atoms with Crippen LogP contribution in [0.5, 0.6) is 5.75 Å². The fourth-order valence-electron chi connectivity index (χ4n) is 2.94. The smallest absolute Gasteiger partial charge is 0.243 e. The van der Waals surface area contributed by atoms with E-state index in [4.69, 9.17) is 4.74 Å². The van der Waals surface area contributed by atoms with Gasteiger partial charge in [0, 0.05) is 24.6 Å². The average molecular weight is 325 g/mol. The number of rotatable bonds is 6. The third-order valence-electron chi connectivity index (χ3n) is 4.22. The standard InChI is InChI=1S/C16H23NO4S/c1-3-8-16(13-18)9-5-10-17(12-16)22(19,20)15-7-4-6-14(11-15)21-2/h3-4,6-7,11,18H,1,5,8-10,12-13H2,2H3/t16-/m1/s1. The predicted octanol–water partition coefficient (Wildman–Crippen LogP) is 2.03. The second-order valence-corrected chi connectivity index (χ2v) is 7.71. The molecule has 22 heavy (non-hydrogen) atoms. The molecule has 1 aliphatic rings. The van der Waals surface area contributed by atoms with Crippen LogP contribution in [0.3, 0.4) is 0 Å². The van der Waals surface area contributed by atoms with Crippen LogP contribution in [0.1, 0.15) is 19.3 Å². The Labute approximate surface area is 132 Å². The van der Waals surface area contributed by atoms with E-state index in [9.17, 15) is 13.5 Å². The van der Waals surface area contributed by atoms with Crippen molar-refractivity contribution in [3.63, 3.8) is 0 Å². The number of piperidine rings is 1. The van der Waals surface area contributed by atoms with Gasteiger partial charge in [0.1, 0.15) is 5.75 Å². The Balaban J connectivity index is 2.30. The third-order valence-corrected chi connectivity index (χ3v) is 6.06. The van der Waals surface area contributed by atoms with Crippen molar-refractivity contribution in [2.24, 2.45) is 5.41 Å². The molecule has 5 nitrogen and oxygen atoms in total. The summed E-state index contributed by atoms with van der Waals surface area (Å²) in [4.78, 5) is 0.221. The zero-order chi connectivity index (χ0) is 16.2. The number of ether oxygens (including phenoxy) is 1.